The Hall–Kier alpha value is -2.12. The van der Waals surface area contributed by atoms with Crippen LogP contribution in [0.2, 0.25) is 0 Å². The lowest BCUT2D eigenvalue weighted by Gasteiger charge is -2.26. The molecular formula is C24H39N5O2. The fourth-order valence-corrected chi connectivity index (χ4v) is 4.03. The molecule has 0 saturated carbocycles. The van der Waals surface area contributed by atoms with Crippen molar-refractivity contribution in [2.24, 2.45) is 4.99 Å². The number of likely N-dealkylation sites (tertiary alicyclic amines) is 1. The Labute approximate surface area is 187 Å². The van der Waals surface area contributed by atoms with E-state index in [1.807, 2.05) is 4.90 Å². The summed E-state index contributed by atoms with van der Waals surface area (Å²) in [5.74, 6) is 1.15. The Morgan fingerprint density at radius 1 is 1.03 bits per heavy atom. The molecule has 7 heteroatoms. The number of carbonyl (C=O) groups excluding carboxylic acids is 1. The molecule has 31 heavy (non-hydrogen) atoms. The average molecular weight is 430 g/mol. The van der Waals surface area contributed by atoms with Crippen molar-refractivity contribution >= 4 is 11.9 Å². The second-order valence-corrected chi connectivity index (χ2v) is 8.37. The maximum absolute atomic E-state index is 12.1. The minimum absolute atomic E-state index is 0.315. The molecule has 0 bridgehead atoms. The molecule has 1 aromatic carbocycles. The molecule has 0 spiro atoms. The van der Waals surface area contributed by atoms with E-state index in [0.717, 1.165) is 84.2 Å². The molecule has 1 amide bonds. The lowest BCUT2D eigenvalue weighted by Crippen LogP contribution is -2.39. The van der Waals surface area contributed by atoms with E-state index >= 15 is 0 Å². The van der Waals surface area contributed by atoms with Gasteiger partial charge in [0.25, 0.3) is 0 Å². The summed E-state index contributed by atoms with van der Waals surface area (Å²) in [4.78, 5) is 21.3. The molecule has 2 heterocycles. The molecule has 2 aliphatic rings. The lowest BCUT2D eigenvalue weighted by molar-refractivity contribution is -0.130. The number of aliphatic imine (C=N–C) groups is 1. The van der Waals surface area contributed by atoms with Gasteiger partial charge in [-0.2, -0.15) is 0 Å². The molecule has 0 atom stereocenters. The molecule has 0 aliphatic carbocycles. The van der Waals surface area contributed by atoms with E-state index in [-0.39, 0.29) is 0 Å². The Morgan fingerprint density at radius 3 is 2.58 bits per heavy atom. The minimum Gasteiger partial charge on any atom is -0.379 e. The predicted molar refractivity (Wildman–Crippen MR) is 125 cm³/mol. The highest BCUT2D eigenvalue weighted by atomic mass is 16.5. The van der Waals surface area contributed by atoms with E-state index in [2.05, 4.69) is 46.7 Å². The highest BCUT2D eigenvalue weighted by Crippen LogP contribution is 2.12. The number of rotatable bonds is 9. The zero-order chi connectivity index (χ0) is 21.7. The molecule has 2 saturated heterocycles. The summed E-state index contributed by atoms with van der Waals surface area (Å²) in [5.41, 5.74) is 2.54. The number of nitrogens with one attached hydrogen (secondary N) is 2. The number of amides is 1. The monoisotopic (exact) mass is 429 g/mol. The van der Waals surface area contributed by atoms with Crippen LogP contribution in [0.5, 0.6) is 0 Å². The van der Waals surface area contributed by atoms with Gasteiger partial charge in [0.05, 0.1) is 19.8 Å². The number of carbonyl (C=O) groups is 1. The molecule has 2 fully saturated rings. The minimum atomic E-state index is 0.315. The summed E-state index contributed by atoms with van der Waals surface area (Å²) >= 11 is 0. The van der Waals surface area contributed by atoms with Gasteiger partial charge in [-0.3, -0.25) is 9.69 Å². The molecule has 0 aromatic heterocycles. The van der Waals surface area contributed by atoms with Gasteiger partial charge < -0.3 is 20.3 Å². The summed E-state index contributed by atoms with van der Waals surface area (Å²) in [6.07, 6.45) is 4.99. The summed E-state index contributed by atoms with van der Waals surface area (Å²) in [6, 6.07) is 8.76. The summed E-state index contributed by atoms with van der Waals surface area (Å²) < 4.78 is 5.42. The predicted octanol–water partition coefficient (Wildman–Crippen LogP) is 2.37. The first-order valence-corrected chi connectivity index (χ1v) is 11.9. The SMILES string of the molecule is CCNC(=NCc1ccc(CN2CCOCC2)cc1)NCCCN1CCCCCC1=O. The van der Waals surface area contributed by atoms with Crippen LogP contribution < -0.4 is 10.6 Å². The number of hydrogen-bond acceptors (Lipinski definition) is 4. The zero-order valence-corrected chi connectivity index (χ0v) is 19.1. The Bertz CT molecular complexity index is 686. The molecule has 0 radical (unpaired) electrons. The van der Waals surface area contributed by atoms with Gasteiger partial charge in [0.2, 0.25) is 5.91 Å². The molecule has 0 unspecified atom stereocenters. The molecular weight excluding hydrogens is 390 g/mol. The zero-order valence-electron chi connectivity index (χ0n) is 19.1. The highest BCUT2D eigenvalue weighted by Gasteiger charge is 2.15. The number of hydrogen-bond donors (Lipinski definition) is 2. The van der Waals surface area contributed by atoms with Crippen LogP contribution in [0, 0.1) is 0 Å². The molecule has 172 valence electrons. The maximum atomic E-state index is 12.1. The first kappa shape index (κ1) is 23.5. The number of nitrogens with zero attached hydrogens (tertiary/aromatic N) is 3. The second-order valence-electron chi connectivity index (χ2n) is 8.37. The third-order valence-electron chi connectivity index (χ3n) is 5.87. The fourth-order valence-electron chi connectivity index (χ4n) is 4.03. The van der Waals surface area contributed by atoms with Crippen LogP contribution in [0.3, 0.4) is 0 Å². The highest BCUT2D eigenvalue weighted by molar-refractivity contribution is 5.79. The van der Waals surface area contributed by atoms with Crippen LogP contribution in [0.1, 0.15) is 50.2 Å². The van der Waals surface area contributed by atoms with Crippen LogP contribution in [0.25, 0.3) is 0 Å². The topological polar surface area (TPSA) is 69.2 Å². The molecule has 2 aliphatic heterocycles. The number of benzene rings is 1. The van der Waals surface area contributed by atoms with Crippen LogP contribution >= 0.6 is 0 Å². The molecule has 1 aromatic rings. The Kier molecular flexibility index (Phi) is 10.1. The third kappa shape index (κ3) is 8.50. The number of guanidine groups is 1. The van der Waals surface area contributed by atoms with Crippen LogP contribution in [-0.4, -0.2) is 74.1 Å². The third-order valence-corrected chi connectivity index (χ3v) is 5.87. The van der Waals surface area contributed by atoms with Gasteiger partial charge >= 0.3 is 0 Å². The first-order valence-electron chi connectivity index (χ1n) is 11.9. The van der Waals surface area contributed by atoms with Crippen molar-refractivity contribution in [1.82, 2.24) is 20.4 Å². The van der Waals surface area contributed by atoms with Gasteiger partial charge in [0.15, 0.2) is 5.96 Å². The van der Waals surface area contributed by atoms with Crippen LogP contribution in [0.4, 0.5) is 0 Å². The summed E-state index contributed by atoms with van der Waals surface area (Å²) in [6.45, 7) is 10.8. The lowest BCUT2D eigenvalue weighted by atomic mass is 10.1. The van der Waals surface area contributed by atoms with Gasteiger partial charge in [-0.15, -0.1) is 0 Å². The molecule has 7 nitrogen and oxygen atoms in total. The van der Waals surface area contributed by atoms with E-state index < -0.39 is 0 Å². The van der Waals surface area contributed by atoms with E-state index in [1.165, 1.54) is 17.5 Å². The molecule has 3 rings (SSSR count). The van der Waals surface area contributed by atoms with E-state index in [9.17, 15) is 4.79 Å². The van der Waals surface area contributed by atoms with E-state index in [4.69, 9.17) is 9.73 Å². The van der Waals surface area contributed by atoms with Crippen molar-refractivity contribution in [3.63, 3.8) is 0 Å². The van der Waals surface area contributed by atoms with E-state index in [0.29, 0.717) is 18.9 Å². The van der Waals surface area contributed by atoms with Crippen molar-refractivity contribution in [2.75, 3.05) is 52.5 Å². The Balaban J connectivity index is 1.41. The standard InChI is InChI=1S/C24H39N5O2/c1-2-25-24(26-12-6-14-29-13-5-3-4-7-23(29)30)27-19-21-8-10-22(11-9-21)20-28-15-17-31-18-16-28/h8-11H,2-7,12-20H2,1H3,(H2,25,26,27). The number of morpholine rings is 1. The van der Waals surface area contributed by atoms with Gasteiger partial charge in [-0.05, 0) is 37.3 Å². The maximum Gasteiger partial charge on any atom is 0.222 e. The van der Waals surface area contributed by atoms with Crippen LogP contribution in [-0.2, 0) is 22.6 Å². The van der Waals surface area contributed by atoms with Gasteiger partial charge in [0.1, 0.15) is 0 Å². The summed E-state index contributed by atoms with van der Waals surface area (Å²) in [7, 11) is 0. The average Bonchev–Trinajstić information content (AvgIpc) is 3.00. The quantitative estimate of drug-likeness (QED) is 0.358. The second kappa shape index (κ2) is 13.3. The first-order chi connectivity index (χ1) is 15.2. The van der Waals surface area contributed by atoms with Gasteiger partial charge in [-0.1, -0.05) is 30.7 Å². The van der Waals surface area contributed by atoms with Crippen molar-refractivity contribution in [1.29, 1.82) is 0 Å². The van der Waals surface area contributed by atoms with E-state index in [1.54, 1.807) is 0 Å². The van der Waals surface area contributed by atoms with Crippen molar-refractivity contribution < 1.29 is 9.53 Å². The normalized spacial score (nSPS) is 18.7. The van der Waals surface area contributed by atoms with Gasteiger partial charge in [0, 0.05) is 52.2 Å². The fraction of sp³-hybridized carbons (Fsp3) is 0.667. The largest absolute Gasteiger partial charge is 0.379 e. The number of ether oxygens (including phenoxy) is 1. The molecule has 2 N–H and O–H groups in total. The van der Waals surface area contributed by atoms with Gasteiger partial charge in [-0.25, -0.2) is 4.99 Å². The van der Waals surface area contributed by atoms with Crippen molar-refractivity contribution in [3.05, 3.63) is 35.4 Å². The van der Waals surface area contributed by atoms with Crippen molar-refractivity contribution in [2.45, 2.75) is 52.1 Å². The summed E-state index contributed by atoms with van der Waals surface area (Å²) in [5, 5.41) is 6.72. The smallest absolute Gasteiger partial charge is 0.222 e. The Morgan fingerprint density at radius 2 is 1.81 bits per heavy atom. The van der Waals surface area contributed by atoms with Crippen LogP contribution in [0.15, 0.2) is 29.3 Å². The van der Waals surface area contributed by atoms with Crippen molar-refractivity contribution in [3.8, 4) is 0 Å².